The topological polar surface area (TPSA) is 87.7 Å². The Kier molecular flexibility index (Phi) is 7.14. The minimum Gasteiger partial charge on any atom is -0.466 e. The molecular formula is C14H25N3O4. The monoisotopic (exact) mass is 299 g/mol. The molecule has 0 aliphatic carbocycles. The van der Waals surface area contributed by atoms with Gasteiger partial charge in [0.25, 0.3) is 0 Å². The zero-order valence-electron chi connectivity index (χ0n) is 13.0. The van der Waals surface area contributed by atoms with Gasteiger partial charge < -0.3 is 20.3 Å². The third kappa shape index (κ3) is 5.71. The average molecular weight is 299 g/mol. The second-order valence-corrected chi connectivity index (χ2v) is 5.35. The van der Waals surface area contributed by atoms with Crippen LogP contribution in [0.2, 0.25) is 0 Å². The van der Waals surface area contributed by atoms with Gasteiger partial charge in [0.15, 0.2) is 0 Å². The maximum absolute atomic E-state index is 12.2. The maximum Gasteiger partial charge on any atom is 0.308 e. The van der Waals surface area contributed by atoms with E-state index in [2.05, 4.69) is 10.6 Å². The maximum atomic E-state index is 12.2. The summed E-state index contributed by atoms with van der Waals surface area (Å²) in [5, 5.41) is 5.71. The number of ether oxygens (including phenoxy) is 1. The summed E-state index contributed by atoms with van der Waals surface area (Å²) in [5.41, 5.74) is 0. The lowest BCUT2D eigenvalue weighted by molar-refractivity contribution is -0.151. The lowest BCUT2D eigenvalue weighted by Crippen LogP contribution is -2.59. The number of piperazine rings is 1. The predicted octanol–water partition coefficient (Wildman–Crippen LogP) is -0.345. The van der Waals surface area contributed by atoms with Crippen LogP contribution in [0.5, 0.6) is 0 Å². The fourth-order valence-electron chi connectivity index (χ4n) is 2.04. The van der Waals surface area contributed by atoms with Crippen LogP contribution in [0.25, 0.3) is 0 Å². The molecule has 1 aliphatic heterocycles. The van der Waals surface area contributed by atoms with Crippen LogP contribution < -0.4 is 10.6 Å². The zero-order valence-corrected chi connectivity index (χ0v) is 13.0. The molecule has 0 spiro atoms. The van der Waals surface area contributed by atoms with E-state index >= 15 is 0 Å². The van der Waals surface area contributed by atoms with Gasteiger partial charge in [-0.15, -0.1) is 0 Å². The van der Waals surface area contributed by atoms with Crippen molar-refractivity contribution in [3.05, 3.63) is 0 Å². The Morgan fingerprint density at radius 3 is 2.81 bits per heavy atom. The SMILES string of the molecule is CCCOC(=O)CC1C(=O)NCCN1C(=O)CNC(C)C. The number of carbonyl (C=O) groups is 3. The molecule has 1 atom stereocenters. The smallest absolute Gasteiger partial charge is 0.308 e. The van der Waals surface area contributed by atoms with Crippen molar-refractivity contribution in [2.75, 3.05) is 26.2 Å². The number of carbonyl (C=O) groups excluding carboxylic acids is 3. The Bertz CT molecular complexity index is 384. The van der Waals surface area contributed by atoms with Crippen molar-refractivity contribution < 1.29 is 19.1 Å². The standard InChI is InChI=1S/C14H25N3O4/c1-4-7-21-13(19)8-11-14(20)15-5-6-17(11)12(18)9-16-10(2)3/h10-11,16H,4-9H2,1-3H3,(H,15,20). The van der Waals surface area contributed by atoms with Gasteiger partial charge in [0.1, 0.15) is 6.04 Å². The highest BCUT2D eigenvalue weighted by Gasteiger charge is 2.34. The van der Waals surface area contributed by atoms with Crippen LogP contribution in [0, 0.1) is 0 Å². The lowest BCUT2D eigenvalue weighted by Gasteiger charge is -2.34. The van der Waals surface area contributed by atoms with Gasteiger partial charge in [-0.3, -0.25) is 14.4 Å². The number of hydrogen-bond acceptors (Lipinski definition) is 5. The summed E-state index contributed by atoms with van der Waals surface area (Å²) in [6, 6.07) is -0.592. The second kappa shape index (κ2) is 8.61. The first kappa shape index (κ1) is 17.4. The van der Waals surface area contributed by atoms with E-state index in [1.165, 1.54) is 4.90 Å². The van der Waals surface area contributed by atoms with E-state index in [9.17, 15) is 14.4 Å². The number of amides is 2. The van der Waals surface area contributed by atoms with Crippen molar-refractivity contribution in [3.8, 4) is 0 Å². The van der Waals surface area contributed by atoms with E-state index < -0.39 is 12.0 Å². The molecule has 0 radical (unpaired) electrons. The van der Waals surface area contributed by atoms with E-state index in [-0.39, 0.29) is 30.8 Å². The summed E-state index contributed by atoms with van der Waals surface area (Å²) < 4.78 is 5.00. The molecular weight excluding hydrogens is 274 g/mol. The molecule has 7 heteroatoms. The highest BCUT2D eigenvalue weighted by atomic mass is 16.5. The van der Waals surface area contributed by atoms with Gasteiger partial charge in [-0.1, -0.05) is 20.8 Å². The quantitative estimate of drug-likeness (QED) is 0.628. The van der Waals surface area contributed by atoms with Crippen molar-refractivity contribution >= 4 is 17.8 Å². The number of rotatable bonds is 7. The summed E-state index contributed by atoms with van der Waals surface area (Å²) >= 11 is 0. The van der Waals surface area contributed by atoms with Crippen molar-refractivity contribution in [3.63, 3.8) is 0 Å². The first-order valence-electron chi connectivity index (χ1n) is 7.41. The number of hydrogen-bond donors (Lipinski definition) is 2. The van der Waals surface area contributed by atoms with E-state index in [4.69, 9.17) is 4.74 Å². The van der Waals surface area contributed by atoms with Crippen LogP contribution in [-0.4, -0.2) is 61.0 Å². The Morgan fingerprint density at radius 1 is 1.48 bits per heavy atom. The highest BCUT2D eigenvalue weighted by Crippen LogP contribution is 2.10. The Balaban J connectivity index is 2.63. The summed E-state index contributed by atoms with van der Waals surface area (Å²) in [6.45, 7) is 7.09. The average Bonchev–Trinajstić information content (AvgIpc) is 2.44. The summed E-state index contributed by atoms with van der Waals surface area (Å²) in [6.07, 6.45) is 0.628. The highest BCUT2D eigenvalue weighted by molar-refractivity contribution is 5.92. The van der Waals surface area contributed by atoms with Gasteiger partial charge in [0.2, 0.25) is 11.8 Å². The minimum atomic E-state index is -0.774. The van der Waals surface area contributed by atoms with Crippen molar-refractivity contribution in [2.24, 2.45) is 0 Å². The molecule has 1 heterocycles. The van der Waals surface area contributed by atoms with Gasteiger partial charge in [-0.25, -0.2) is 0 Å². The third-order valence-corrected chi connectivity index (χ3v) is 3.14. The molecule has 0 aromatic rings. The summed E-state index contributed by atoms with van der Waals surface area (Å²) in [5.74, 6) is -0.923. The zero-order chi connectivity index (χ0) is 15.8. The van der Waals surface area contributed by atoms with Crippen molar-refractivity contribution in [1.82, 2.24) is 15.5 Å². The van der Waals surface area contributed by atoms with E-state index in [0.29, 0.717) is 19.7 Å². The molecule has 1 saturated heterocycles. The molecule has 0 aromatic heterocycles. The molecule has 2 amide bonds. The molecule has 0 aromatic carbocycles. The van der Waals surface area contributed by atoms with Crippen LogP contribution >= 0.6 is 0 Å². The molecule has 1 fully saturated rings. The summed E-state index contributed by atoms with van der Waals surface area (Å²) in [7, 11) is 0. The molecule has 7 nitrogen and oxygen atoms in total. The Labute approximate surface area is 125 Å². The van der Waals surface area contributed by atoms with Gasteiger partial charge in [0, 0.05) is 19.1 Å². The van der Waals surface area contributed by atoms with Gasteiger partial charge >= 0.3 is 5.97 Å². The lowest BCUT2D eigenvalue weighted by atomic mass is 10.1. The van der Waals surface area contributed by atoms with Crippen molar-refractivity contribution in [1.29, 1.82) is 0 Å². The number of nitrogens with one attached hydrogen (secondary N) is 2. The molecule has 1 rings (SSSR count). The first-order chi connectivity index (χ1) is 9.95. The van der Waals surface area contributed by atoms with Crippen LogP contribution in [0.1, 0.15) is 33.6 Å². The van der Waals surface area contributed by atoms with Crippen LogP contribution in [0.3, 0.4) is 0 Å². The van der Waals surface area contributed by atoms with Crippen LogP contribution in [-0.2, 0) is 19.1 Å². The predicted molar refractivity (Wildman–Crippen MR) is 77.5 cm³/mol. The molecule has 120 valence electrons. The van der Waals surface area contributed by atoms with E-state index in [1.54, 1.807) is 0 Å². The summed E-state index contributed by atoms with van der Waals surface area (Å²) in [4.78, 5) is 37.3. The van der Waals surface area contributed by atoms with E-state index in [1.807, 2.05) is 20.8 Å². The minimum absolute atomic E-state index is 0.0980. The van der Waals surface area contributed by atoms with Crippen LogP contribution in [0.4, 0.5) is 0 Å². The van der Waals surface area contributed by atoms with Gasteiger partial charge in [-0.2, -0.15) is 0 Å². The molecule has 0 bridgehead atoms. The fraction of sp³-hybridized carbons (Fsp3) is 0.786. The largest absolute Gasteiger partial charge is 0.466 e. The molecule has 0 saturated carbocycles. The second-order valence-electron chi connectivity index (χ2n) is 5.35. The molecule has 2 N–H and O–H groups in total. The van der Waals surface area contributed by atoms with E-state index in [0.717, 1.165) is 6.42 Å². The number of esters is 1. The Hall–Kier alpha value is -1.63. The molecule has 1 aliphatic rings. The van der Waals surface area contributed by atoms with Crippen molar-refractivity contribution in [2.45, 2.75) is 45.7 Å². The molecule has 21 heavy (non-hydrogen) atoms. The molecule has 1 unspecified atom stereocenters. The fourth-order valence-corrected chi connectivity index (χ4v) is 2.04. The first-order valence-corrected chi connectivity index (χ1v) is 7.41. The number of nitrogens with zero attached hydrogens (tertiary/aromatic N) is 1. The van der Waals surface area contributed by atoms with Gasteiger partial charge in [-0.05, 0) is 6.42 Å². The Morgan fingerprint density at radius 2 is 2.19 bits per heavy atom. The normalized spacial score (nSPS) is 18.6. The van der Waals surface area contributed by atoms with Crippen LogP contribution in [0.15, 0.2) is 0 Å². The third-order valence-electron chi connectivity index (χ3n) is 3.14. The van der Waals surface area contributed by atoms with Gasteiger partial charge in [0.05, 0.1) is 19.6 Å².